The molecule has 1 saturated heterocycles. The average Bonchev–Trinajstić information content (AvgIpc) is 2.46. The summed E-state index contributed by atoms with van der Waals surface area (Å²) in [5.41, 5.74) is 7.65. The highest BCUT2D eigenvalue weighted by Gasteiger charge is 2.27. The van der Waals surface area contributed by atoms with Gasteiger partial charge in [0.1, 0.15) is 0 Å². The summed E-state index contributed by atoms with van der Waals surface area (Å²) < 4.78 is 0. The summed E-state index contributed by atoms with van der Waals surface area (Å²) in [4.78, 5) is 4.89. The quantitative estimate of drug-likeness (QED) is 0.901. The molecule has 2 rings (SSSR count). The molecule has 0 bridgehead atoms. The van der Waals surface area contributed by atoms with Crippen molar-refractivity contribution in [2.45, 2.75) is 37.9 Å². The van der Waals surface area contributed by atoms with Crippen molar-refractivity contribution in [2.24, 2.45) is 5.73 Å². The summed E-state index contributed by atoms with van der Waals surface area (Å²) in [6.45, 7) is 4.57. The van der Waals surface area contributed by atoms with E-state index in [1.807, 2.05) is 6.07 Å². The van der Waals surface area contributed by atoms with Crippen LogP contribution < -0.4 is 5.73 Å². The largest absolute Gasteiger partial charge is 0.323 e. The van der Waals surface area contributed by atoms with Crippen LogP contribution in [0.4, 0.5) is 0 Å². The molecule has 1 aromatic rings. The van der Waals surface area contributed by atoms with Gasteiger partial charge in [-0.1, -0.05) is 30.3 Å². The molecule has 1 aliphatic heterocycles. The topological polar surface area (TPSA) is 32.5 Å². The Balaban J connectivity index is 1.92. The van der Waals surface area contributed by atoms with Crippen molar-refractivity contribution in [1.82, 2.24) is 9.80 Å². The fourth-order valence-electron chi connectivity index (χ4n) is 2.99. The van der Waals surface area contributed by atoms with Crippen LogP contribution in [-0.4, -0.2) is 49.1 Å². The lowest BCUT2D eigenvalue weighted by Gasteiger charge is -2.40. The summed E-state index contributed by atoms with van der Waals surface area (Å²) in [5, 5.41) is 0. The Morgan fingerprint density at radius 1 is 1.16 bits per heavy atom. The molecule has 1 aliphatic rings. The third-order valence-corrected chi connectivity index (χ3v) is 4.51. The summed E-state index contributed by atoms with van der Waals surface area (Å²) in [7, 11) is 4.36. The summed E-state index contributed by atoms with van der Waals surface area (Å²) in [6.07, 6.45) is 2.50. The van der Waals surface area contributed by atoms with E-state index in [1.54, 1.807) is 0 Å². The maximum Gasteiger partial charge on any atom is 0.0450 e. The molecule has 1 aromatic carbocycles. The lowest BCUT2D eigenvalue weighted by atomic mass is 9.96. The van der Waals surface area contributed by atoms with Gasteiger partial charge in [-0.3, -0.25) is 4.90 Å². The van der Waals surface area contributed by atoms with Crippen LogP contribution in [0.2, 0.25) is 0 Å². The van der Waals surface area contributed by atoms with Crippen LogP contribution in [0.15, 0.2) is 30.3 Å². The summed E-state index contributed by atoms with van der Waals surface area (Å²) in [6, 6.07) is 11.7. The first-order valence-electron chi connectivity index (χ1n) is 7.30. The van der Waals surface area contributed by atoms with E-state index in [1.165, 1.54) is 18.4 Å². The van der Waals surface area contributed by atoms with Crippen LogP contribution >= 0.6 is 0 Å². The Hall–Kier alpha value is -0.900. The highest BCUT2D eigenvalue weighted by atomic mass is 15.2. The number of piperidine rings is 1. The maximum atomic E-state index is 6.41. The van der Waals surface area contributed by atoms with Gasteiger partial charge in [0.05, 0.1) is 0 Å². The predicted molar refractivity (Wildman–Crippen MR) is 81.1 cm³/mol. The Morgan fingerprint density at radius 3 is 2.26 bits per heavy atom. The second-order valence-electron chi connectivity index (χ2n) is 5.91. The molecule has 2 atom stereocenters. The Morgan fingerprint density at radius 2 is 1.74 bits per heavy atom. The fourth-order valence-corrected chi connectivity index (χ4v) is 2.99. The highest BCUT2D eigenvalue weighted by Crippen LogP contribution is 2.23. The van der Waals surface area contributed by atoms with Gasteiger partial charge in [-0.05, 0) is 52.5 Å². The van der Waals surface area contributed by atoms with Crippen LogP contribution in [0.25, 0.3) is 0 Å². The van der Waals surface area contributed by atoms with E-state index in [-0.39, 0.29) is 6.04 Å². The molecule has 106 valence electrons. The highest BCUT2D eigenvalue weighted by molar-refractivity contribution is 5.20. The summed E-state index contributed by atoms with van der Waals surface area (Å²) in [5.74, 6) is 0. The van der Waals surface area contributed by atoms with E-state index < -0.39 is 0 Å². The lowest BCUT2D eigenvalue weighted by Crippen LogP contribution is -2.48. The van der Waals surface area contributed by atoms with E-state index in [2.05, 4.69) is 55.1 Å². The Bertz CT molecular complexity index is 369. The van der Waals surface area contributed by atoms with Crippen LogP contribution in [0.5, 0.6) is 0 Å². The Kier molecular flexibility index (Phi) is 4.97. The Labute approximate surface area is 117 Å². The fraction of sp³-hybridized carbons (Fsp3) is 0.625. The molecule has 2 N–H and O–H groups in total. The average molecular weight is 261 g/mol. The molecular weight excluding hydrogens is 234 g/mol. The number of hydrogen-bond acceptors (Lipinski definition) is 3. The van der Waals surface area contributed by atoms with Crippen LogP contribution in [0, 0.1) is 0 Å². The monoisotopic (exact) mass is 261 g/mol. The minimum atomic E-state index is 0.108. The predicted octanol–water partition coefficient (Wildman–Crippen LogP) is 2.10. The number of hydrogen-bond donors (Lipinski definition) is 1. The zero-order valence-corrected chi connectivity index (χ0v) is 12.4. The van der Waals surface area contributed by atoms with Crippen molar-refractivity contribution in [1.29, 1.82) is 0 Å². The van der Waals surface area contributed by atoms with Crippen LogP contribution in [-0.2, 0) is 0 Å². The molecule has 0 saturated carbocycles. The van der Waals surface area contributed by atoms with Crippen LogP contribution in [0.3, 0.4) is 0 Å². The minimum absolute atomic E-state index is 0.108. The van der Waals surface area contributed by atoms with E-state index in [4.69, 9.17) is 5.73 Å². The molecule has 2 unspecified atom stereocenters. The van der Waals surface area contributed by atoms with E-state index in [9.17, 15) is 0 Å². The lowest BCUT2D eigenvalue weighted by molar-refractivity contribution is 0.103. The maximum absolute atomic E-state index is 6.41. The molecular formula is C16H27N3. The number of likely N-dealkylation sites (tertiary alicyclic amines) is 1. The second-order valence-corrected chi connectivity index (χ2v) is 5.91. The first kappa shape index (κ1) is 14.5. The second kappa shape index (κ2) is 6.51. The standard InChI is InChI=1S/C16H27N3/c1-13(16(17)14-7-5-4-6-8-14)19-11-9-15(10-12-19)18(2)3/h4-8,13,15-16H,9-12,17H2,1-3H3. The normalized spacial score (nSPS) is 21.5. The van der Waals surface area contributed by atoms with Gasteiger partial charge >= 0.3 is 0 Å². The van der Waals surface area contributed by atoms with Crippen molar-refractivity contribution in [3.05, 3.63) is 35.9 Å². The van der Waals surface area contributed by atoms with Crippen molar-refractivity contribution >= 4 is 0 Å². The van der Waals surface area contributed by atoms with Gasteiger partial charge in [0, 0.05) is 18.1 Å². The zero-order valence-electron chi connectivity index (χ0n) is 12.4. The molecule has 0 spiro atoms. The molecule has 0 aliphatic carbocycles. The van der Waals surface area contributed by atoms with Gasteiger partial charge in [-0.15, -0.1) is 0 Å². The molecule has 3 nitrogen and oxygen atoms in total. The van der Waals surface area contributed by atoms with E-state index in [0.29, 0.717) is 6.04 Å². The van der Waals surface area contributed by atoms with Crippen molar-refractivity contribution in [3.63, 3.8) is 0 Å². The van der Waals surface area contributed by atoms with Gasteiger partial charge in [-0.2, -0.15) is 0 Å². The van der Waals surface area contributed by atoms with Gasteiger partial charge < -0.3 is 10.6 Å². The smallest absolute Gasteiger partial charge is 0.0450 e. The number of nitrogens with zero attached hydrogens (tertiary/aromatic N) is 2. The molecule has 1 fully saturated rings. The number of rotatable bonds is 4. The molecule has 19 heavy (non-hydrogen) atoms. The number of benzene rings is 1. The van der Waals surface area contributed by atoms with Gasteiger partial charge in [0.2, 0.25) is 0 Å². The third kappa shape index (κ3) is 3.56. The molecule has 0 aromatic heterocycles. The van der Waals surface area contributed by atoms with Crippen molar-refractivity contribution < 1.29 is 0 Å². The van der Waals surface area contributed by atoms with E-state index >= 15 is 0 Å². The van der Waals surface area contributed by atoms with Gasteiger partial charge in [0.25, 0.3) is 0 Å². The van der Waals surface area contributed by atoms with Crippen molar-refractivity contribution in [3.8, 4) is 0 Å². The van der Waals surface area contributed by atoms with E-state index in [0.717, 1.165) is 19.1 Å². The molecule has 0 radical (unpaired) electrons. The summed E-state index contributed by atoms with van der Waals surface area (Å²) >= 11 is 0. The third-order valence-electron chi connectivity index (χ3n) is 4.51. The van der Waals surface area contributed by atoms with Gasteiger partial charge in [-0.25, -0.2) is 0 Å². The zero-order chi connectivity index (χ0) is 13.8. The van der Waals surface area contributed by atoms with Crippen molar-refractivity contribution in [2.75, 3.05) is 27.2 Å². The molecule has 1 heterocycles. The first-order valence-corrected chi connectivity index (χ1v) is 7.30. The first-order chi connectivity index (χ1) is 9.09. The van der Waals surface area contributed by atoms with Crippen LogP contribution in [0.1, 0.15) is 31.4 Å². The SMILES string of the molecule is CC(C(N)c1ccccc1)N1CCC(N(C)C)CC1. The number of nitrogens with two attached hydrogens (primary N) is 1. The molecule has 0 amide bonds. The van der Waals surface area contributed by atoms with Gasteiger partial charge in [0.15, 0.2) is 0 Å². The molecule has 3 heteroatoms. The minimum Gasteiger partial charge on any atom is -0.323 e.